The summed E-state index contributed by atoms with van der Waals surface area (Å²) in [4.78, 5) is 10.2. The number of rotatable bonds is 2. The van der Waals surface area contributed by atoms with E-state index in [1.165, 1.54) is 0 Å². The summed E-state index contributed by atoms with van der Waals surface area (Å²) < 4.78 is 50.0. The number of nitrogen functional groups attached to an aromatic ring is 1. The molecule has 0 bridgehead atoms. The first kappa shape index (κ1) is 13.0. The summed E-state index contributed by atoms with van der Waals surface area (Å²) in [7, 11) is 0. The molecule has 0 aliphatic heterocycles. The van der Waals surface area contributed by atoms with Crippen LogP contribution in [0.4, 0.5) is 23.2 Å². The van der Waals surface area contributed by atoms with E-state index in [1.54, 1.807) is 0 Å². The Hall–Kier alpha value is -2.05. The van der Waals surface area contributed by atoms with Crippen LogP contribution < -0.4 is 5.73 Å². The summed E-state index contributed by atoms with van der Waals surface area (Å²) in [5.74, 6) is -2.84. The monoisotopic (exact) mass is 249 g/mol. The summed E-state index contributed by atoms with van der Waals surface area (Å²) in [5, 5.41) is 8.33. The van der Waals surface area contributed by atoms with Crippen molar-refractivity contribution < 1.29 is 27.5 Å². The molecule has 0 aliphatic carbocycles. The summed E-state index contributed by atoms with van der Waals surface area (Å²) in [6.45, 7) is 0. The van der Waals surface area contributed by atoms with Crippen LogP contribution in [-0.4, -0.2) is 11.1 Å². The van der Waals surface area contributed by atoms with E-state index in [1.807, 2.05) is 0 Å². The van der Waals surface area contributed by atoms with E-state index in [0.29, 0.717) is 18.2 Å². The smallest absolute Gasteiger partial charge is 0.419 e. The van der Waals surface area contributed by atoms with Crippen molar-refractivity contribution >= 4 is 17.7 Å². The summed E-state index contributed by atoms with van der Waals surface area (Å²) in [5.41, 5.74) is 3.30. The minimum Gasteiger partial charge on any atom is -0.478 e. The molecule has 0 spiro atoms. The Morgan fingerprint density at radius 2 is 1.94 bits per heavy atom. The van der Waals surface area contributed by atoms with E-state index in [9.17, 15) is 22.4 Å². The molecule has 17 heavy (non-hydrogen) atoms. The van der Waals surface area contributed by atoms with Gasteiger partial charge in [0.05, 0.1) is 5.56 Å². The number of carboxylic acid groups (broad SMARTS) is 1. The maximum Gasteiger partial charge on any atom is 0.419 e. The van der Waals surface area contributed by atoms with Gasteiger partial charge in [-0.3, -0.25) is 0 Å². The fourth-order valence-corrected chi connectivity index (χ4v) is 1.13. The number of aliphatic carboxylic acids is 1. The van der Waals surface area contributed by atoms with Gasteiger partial charge in [0, 0.05) is 11.8 Å². The second-order valence-electron chi connectivity index (χ2n) is 3.13. The highest BCUT2D eigenvalue weighted by atomic mass is 19.4. The van der Waals surface area contributed by atoms with Gasteiger partial charge >= 0.3 is 12.1 Å². The number of anilines is 1. The lowest BCUT2D eigenvalue weighted by Gasteiger charge is -2.10. The molecule has 1 rings (SSSR count). The van der Waals surface area contributed by atoms with Gasteiger partial charge < -0.3 is 10.8 Å². The number of halogens is 4. The largest absolute Gasteiger partial charge is 0.478 e. The van der Waals surface area contributed by atoms with Crippen molar-refractivity contribution in [3.05, 3.63) is 35.2 Å². The van der Waals surface area contributed by atoms with E-state index < -0.39 is 23.5 Å². The lowest BCUT2D eigenvalue weighted by Crippen LogP contribution is -2.09. The highest BCUT2D eigenvalue weighted by molar-refractivity contribution is 5.86. The van der Waals surface area contributed by atoms with Crippen molar-refractivity contribution in [2.75, 3.05) is 5.73 Å². The molecule has 0 saturated carbocycles. The minimum atomic E-state index is -4.86. The zero-order valence-corrected chi connectivity index (χ0v) is 8.25. The Bertz CT molecular complexity index is 480. The lowest BCUT2D eigenvalue weighted by molar-refractivity contribution is -0.140. The first-order valence-electron chi connectivity index (χ1n) is 4.29. The van der Waals surface area contributed by atoms with Crippen LogP contribution in [0.3, 0.4) is 0 Å². The summed E-state index contributed by atoms with van der Waals surface area (Å²) in [6.07, 6.45) is -3.38. The summed E-state index contributed by atoms with van der Waals surface area (Å²) in [6, 6.07) is 0.967. The van der Waals surface area contributed by atoms with Crippen LogP contribution in [0, 0.1) is 5.82 Å². The molecular weight excluding hydrogens is 242 g/mol. The van der Waals surface area contributed by atoms with E-state index in [4.69, 9.17) is 10.8 Å². The molecule has 3 N–H and O–H groups in total. The number of nitrogens with two attached hydrogens (primary N) is 1. The highest BCUT2D eigenvalue weighted by Crippen LogP contribution is 2.33. The maximum atomic E-state index is 13.0. The Balaban J connectivity index is 3.29. The van der Waals surface area contributed by atoms with Crippen molar-refractivity contribution in [3.8, 4) is 0 Å². The molecule has 92 valence electrons. The molecular formula is C10H7F4NO2. The fraction of sp³-hybridized carbons (Fsp3) is 0.100. The first-order valence-corrected chi connectivity index (χ1v) is 4.29. The number of carboxylic acids is 1. The Morgan fingerprint density at radius 1 is 1.35 bits per heavy atom. The Morgan fingerprint density at radius 3 is 2.41 bits per heavy atom. The SMILES string of the molecule is Nc1cc(F)c(C(F)(F)F)cc1/C=C/C(=O)O. The molecule has 0 unspecified atom stereocenters. The molecule has 0 amide bonds. The summed E-state index contributed by atoms with van der Waals surface area (Å²) >= 11 is 0. The Kier molecular flexibility index (Phi) is 3.40. The molecule has 0 aromatic heterocycles. The molecule has 0 atom stereocenters. The van der Waals surface area contributed by atoms with Crippen LogP contribution in [0.15, 0.2) is 18.2 Å². The van der Waals surface area contributed by atoms with E-state index in [-0.39, 0.29) is 11.3 Å². The zero-order chi connectivity index (χ0) is 13.2. The quantitative estimate of drug-likeness (QED) is 0.481. The van der Waals surface area contributed by atoms with Gasteiger partial charge in [-0.2, -0.15) is 13.2 Å². The standard InChI is InChI=1S/C10H7F4NO2/c11-7-4-8(15)5(1-2-9(16)17)3-6(7)10(12,13)14/h1-4H,15H2,(H,16,17)/b2-1+. The van der Waals surface area contributed by atoms with E-state index >= 15 is 0 Å². The van der Waals surface area contributed by atoms with Crippen molar-refractivity contribution in [1.82, 2.24) is 0 Å². The molecule has 0 saturated heterocycles. The van der Waals surface area contributed by atoms with Gasteiger partial charge in [0.2, 0.25) is 0 Å². The predicted octanol–water partition coefficient (Wildman–Crippen LogP) is 2.52. The van der Waals surface area contributed by atoms with E-state index in [0.717, 1.165) is 6.08 Å². The lowest BCUT2D eigenvalue weighted by atomic mass is 10.1. The van der Waals surface area contributed by atoms with Gasteiger partial charge in [-0.05, 0) is 23.8 Å². The zero-order valence-electron chi connectivity index (χ0n) is 8.25. The molecule has 0 radical (unpaired) electrons. The molecule has 0 heterocycles. The minimum absolute atomic E-state index is 0.207. The molecule has 3 nitrogen and oxygen atoms in total. The number of alkyl halides is 3. The van der Waals surface area contributed by atoms with Crippen LogP contribution >= 0.6 is 0 Å². The topological polar surface area (TPSA) is 63.3 Å². The van der Waals surface area contributed by atoms with Crippen molar-refractivity contribution in [1.29, 1.82) is 0 Å². The van der Waals surface area contributed by atoms with Crippen molar-refractivity contribution in [3.63, 3.8) is 0 Å². The molecule has 0 aliphatic rings. The fourth-order valence-electron chi connectivity index (χ4n) is 1.13. The maximum absolute atomic E-state index is 13.0. The molecule has 1 aromatic carbocycles. The van der Waals surface area contributed by atoms with Crippen LogP contribution in [0.25, 0.3) is 6.08 Å². The van der Waals surface area contributed by atoms with Gasteiger partial charge in [0.1, 0.15) is 5.82 Å². The number of carbonyl (C=O) groups is 1. The second kappa shape index (κ2) is 4.44. The van der Waals surface area contributed by atoms with Gasteiger partial charge in [-0.25, -0.2) is 9.18 Å². The Labute approximate surface area is 93.2 Å². The van der Waals surface area contributed by atoms with Crippen molar-refractivity contribution in [2.45, 2.75) is 6.18 Å². The van der Waals surface area contributed by atoms with Crippen LogP contribution in [0.2, 0.25) is 0 Å². The number of hydrogen-bond donors (Lipinski definition) is 2. The average Bonchev–Trinajstić information content (AvgIpc) is 2.13. The number of hydrogen-bond acceptors (Lipinski definition) is 2. The third-order valence-corrected chi connectivity index (χ3v) is 1.88. The van der Waals surface area contributed by atoms with Gasteiger partial charge in [0.15, 0.2) is 0 Å². The molecule has 0 fully saturated rings. The van der Waals surface area contributed by atoms with Crippen molar-refractivity contribution in [2.24, 2.45) is 0 Å². The van der Waals surface area contributed by atoms with Gasteiger partial charge in [0.25, 0.3) is 0 Å². The van der Waals surface area contributed by atoms with Crippen LogP contribution in [0.5, 0.6) is 0 Å². The normalized spacial score (nSPS) is 12.0. The van der Waals surface area contributed by atoms with Gasteiger partial charge in [-0.1, -0.05) is 0 Å². The van der Waals surface area contributed by atoms with Gasteiger partial charge in [-0.15, -0.1) is 0 Å². The highest BCUT2D eigenvalue weighted by Gasteiger charge is 2.34. The van der Waals surface area contributed by atoms with Crippen LogP contribution in [0.1, 0.15) is 11.1 Å². The average molecular weight is 249 g/mol. The second-order valence-corrected chi connectivity index (χ2v) is 3.13. The number of benzene rings is 1. The molecule has 1 aromatic rings. The van der Waals surface area contributed by atoms with E-state index in [2.05, 4.69) is 0 Å². The predicted molar refractivity (Wildman–Crippen MR) is 52.5 cm³/mol. The third-order valence-electron chi connectivity index (χ3n) is 1.88. The molecule has 7 heteroatoms. The third kappa shape index (κ3) is 3.20. The van der Waals surface area contributed by atoms with Crippen LogP contribution in [-0.2, 0) is 11.0 Å². The first-order chi connectivity index (χ1) is 7.71.